The first-order valence-electron chi connectivity index (χ1n) is 6.24. The molecule has 1 atom stereocenters. The fraction of sp³-hybridized carbons (Fsp3) is 0.667. The molecule has 2 fully saturated rings. The highest BCUT2D eigenvalue weighted by Crippen LogP contribution is 2.38. The highest BCUT2D eigenvalue weighted by atomic mass is 16.5. The molecule has 1 aromatic heterocycles. The molecule has 0 bridgehead atoms. The van der Waals surface area contributed by atoms with Gasteiger partial charge in [-0.05, 0) is 25.3 Å². The number of H-pyrrole nitrogens is 1. The molecular formula is C12H17N3O2. The normalized spacial score (nSPS) is 23.9. The summed E-state index contributed by atoms with van der Waals surface area (Å²) in [6.07, 6.45) is 3.46. The van der Waals surface area contributed by atoms with Crippen LogP contribution in [0.25, 0.3) is 0 Å². The number of nitrogens with one attached hydrogen (secondary N) is 2. The third kappa shape index (κ3) is 2.49. The number of ether oxygens (including phenoxy) is 1. The summed E-state index contributed by atoms with van der Waals surface area (Å²) in [6, 6.07) is 1.87. The smallest absolute Gasteiger partial charge is 0.271 e. The van der Waals surface area contributed by atoms with Crippen LogP contribution in [0.1, 0.15) is 41.4 Å². The van der Waals surface area contributed by atoms with Gasteiger partial charge in [0.05, 0.1) is 6.61 Å². The van der Waals surface area contributed by atoms with E-state index < -0.39 is 0 Å². The highest BCUT2D eigenvalue weighted by Gasteiger charge is 2.26. The average molecular weight is 235 g/mol. The predicted molar refractivity (Wildman–Crippen MR) is 61.8 cm³/mol. The van der Waals surface area contributed by atoms with E-state index in [4.69, 9.17) is 4.74 Å². The van der Waals surface area contributed by atoms with Crippen molar-refractivity contribution in [2.45, 2.75) is 25.2 Å². The summed E-state index contributed by atoms with van der Waals surface area (Å²) in [4.78, 5) is 11.8. The highest BCUT2D eigenvalue weighted by molar-refractivity contribution is 5.92. The molecule has 0 aromatic carbocycles. The van der Waals surface area contributed by atoms with Gasteiger partial charge in [-0.3, -0.25) is 9.89 Å². The lowest BCUT2D eigenvalue weighted by Gasteiger charge is -2.07. The Balaban J connectivity index is 1.53. The number of rotatable bonds is 4. The molecule has 2 heterocycles. The lowest BCUT2D eigenvalue weighted by atomic mass is 10.1. The van der Waals surface area contributed by atoms with Crippen LogP contribution in [0.4, 0.5) is 0 Å². The topological polar surface area (TPSA) is 67.0 Å². The van der Waals surface area contributed by atoms with E-state index in [2.05, 4.69) is 15.5 Å². The minimum absolute atomic E-state index is 0.0833. The van der Waals surface area contributed by atoms with Crippen LogP contribution in [0.5, 0.6) is 0 Å². The van der Waals surface area contributed by atoms with Gasteiger partial charge < -0.3 is 10.1 Å². The van der Waals surface area contributed by atoms with Gasteiger partial charge in [0.25, 0.3) is 5.91 Å². The zero-order valence-corrected chi connectivity index (χ0v) is 9.74. The molecule has 5 nitrogen and oxygen atoms in total. The van der Waals surface area contributed by atoms with Crippen molar-refractivity contribution in [3.8, 4) is 0 Å². The molecule has 17 heavy (non-hydrogen) atoms. The summed E-state index contributed by atoms with van der Waals surface area (Å²) in [6.45, 7) is 2.26. The molecule has 1 amide bonds. The van der Waals surface area contributed by atoms with E-state index in [0.717, 1.165) is 25.3 Å². The third-order valence-corrected chi connectivity index (χ3v) is 3.42. The summed E-state index contributed by atoms with van der Waals surface area (Å²) >= 11 is 0. The monoisotopic (exact) mass is 235 g/mol. The van der Waals surface area contributed by atoms with E-state index in [1.165, 1.54) is 12.8 Å². The van der Waals surface area contributed by atoms with Crippen molar-refractivity contribution in [3.63, 3.8) is 0 Å². The fourth-order valence-corrected chi connectivity index (χ4v) is 2.13. The molecule has 0 spiro atoms. The maximum Gasteiger partial charge on any atom is 0.271 e. The van der Waals surface area contributed by atoms with Crippen LogP contribution in [0.15, 0.2) is 6.07 Å². The Labute approximate surface area is 99.9 Å². The molecule has 1 aliphatic carbocycles. The van der Waals surface area contributed by atoms with Crippen LogP contribution in [-0.2, 0) is 4.74 Å². The summed E-state index contributed by atoms with van der Waals surface area (Å²) in [5.74, 6) is 0.980. The van der Waals surface area contributed by atoms with Gasteiger partial charge in [0.1, 0.15) is 5.69 Å². The maximum absolute atomic E-state index is 11.8. The number of aromatic amines is 1. The summed E-state index contributed by atoms with van der Waals surface area (Å²) in [5, 5.41) is 9.91. The van der Waals surface area contributed by atoms with Crippen molar-refractivity contribution in [2.24, 2.45) is 5.92 Å². The van der Waals surface area contributed by atoms with E-state index in [0.29, 0.717) is 24.1 Å². The minimum Gasteiger partial charge on any atom is -0.381 e. The third-order valence-electron chi connectivity index (χ3n) is 3.42. The van der Waals surface area contributed by atoms with Crippen molar-refractivity contribution in [3.05, 3.63) is 17.5 Å². The Bertz CT molecular complexity index is 406. The molecule has 1 unspecified atom stereocenters. The Morgan fingerprint density at radius 3 is 3.12 bits per heavy atom. The predicted octanol–water partition coefficient (Wildman–Crippen LogP) is 1.05. The molecule has 1 aromatic rings. The van der Waals surface area contributed by atoms with Gasteiger partial charge in [-0.15, -0.1) is 0 Å². The molecule has 2 aliphatic rings. The standard InChI is InChI=1S/C12H17N3O2/c16-12(13-6-8-3-4-17-7-8)11-5-10(14-15-11)9-1-2-9/h5,8-9H,1-4,6-7H2,(H,13,16)(H,14,15). The van der Waals surface area contributed by atoms with Crippen LogP contribution in [0, 0.1) is 5.92 Å². The molecule has 5 heteroatoms. The molecule has 3 rings (SSSR count). The van der Waals surface area contributed by atoms with Crippen molar-refractivity contribution in [1.82, 2.24) is 15.5 Å². The van der Waals surface area contributed by atoms with E-state index in [-0.39, 0.29) is 5.91 Å². The van der Waals surface area contributed by atoms with Crippen LogP contribution in [-0.4, -0.2) is 35.9 Å². The van der Waals surface area contributed by atoms with Gasteiger partial charge >= 0.3 is 0 Å². The van der Waals surface area contributed by atoms with E-state index in [1.807, 2.05) is 6.07 Å². The second kappa shape index (κ2) is 4.49. The maximum atomic E-state index is 11.8. The molecule has 92 valence electrons. The number of nitrogens with zero attached hydrogens (tertiary/aromatic N) is 1. The van der Waals surface area contributed by atoms with Gasteiger partial charge in [0.15, 0.2) is 0 Å². The first-order valence-corrected chi connectivity index (χ1v) is 6.24. The number of carbonyl (C=O) groups excluding carboxylic acids is 1. The number of carbonyl (C=O) groups is 1. The zero-order valence-electron chi connectivity index (χ0n) is 9.74. The summed E-state index contributed by atoms with van der Waals surface area (Å²) in [7, 11) is 0. The fourth-order valence-electron chi connectivity index (χ4n) is 2.13. The van der Waals surface area contributed by atoms with Crippen LogP contribution < -0.4 is 5.32 Å². The minimum atomic E-state index is -0.0833. The van der Waals surface area contributed by atoms with Crippen molar-refractivity contribution in [1.29, 1.82) is 0 Å². The Morgan fingerprint density at radius 2 is 2.41 bits per heavy atom. The summed E-state index contributed by atoms with van der Waals surface area (Å²) < 4.78 is 5.27. The molecular weight excluding hydrogens is 218 g/mol. The van der Waals surface area contributed by atoms with Gasteiger partial charge in [-0.25, -0.2) is 0 Å². The van der Waals surface area contributed by atoms with E-state index >= 15 is 0 Å². The van der Waals surface area contributed by atoms with Gasteiger partial charge in [0, 0.05) is 30.7 Å². The van der Waals surface area contributed by atoms with Crippen LogP contribution >= 0.6 is 0 Å². The Kier molecular flexibility index (Phi) is 2.84. The molecule has 0 radical (unpaired) electrons. The van der Waals surface area contributed by atoms with Crippen LogP contribution in [0.2, 0.25) is 0 Å². The van der Waals surface area contributed by atoms with E-state index in [9.17, 15) is 4.79 Å². The van der Waals surface area contributed by atoms with Crippen molar-refractivity contribution in [2.75, 3.05) is 19.8 Å². The van der Waals surface area contributed by atoms with Gasteiger partial charge in [-0.2, -0.15) is 5.10 Å². The van der Waals surface area contributed by atoms with Gasteiger partial charge in [0.2, 0.25) is 0 Å². The number of aromatic nitrogens is 2. The second-order valence-electron chi connectivity index (χ2n) is 4.92. The number of amides is 1. The molecule has 1 aliphatic heterocycles. The molecule has 1 saturated heterocycles. The largest absolute Gasteiger partial charge is 0.381 e. The quantitative estimate of drug-likeness (QED) is 0.819. The lowest BCUT2D eigenvalue weighted by Crippen LogP contribution is -2.29. The number of hydrogen-bond donors (Lipinski definition) is 2. The average Bonchev–Trinajstić information content (AvgIpc) is 2.88. The summed E-state index contributed by atoms with van der Waals surface area (Å²) in [5.41, 5.74) is 1.60. The van der Waals surface area contributed by atoms with Gasteiger partial charge in [-0.1, -0.05) is 0 Å². The van der Waals surface area contributed by atoms with Crippen molar-refractivity contribution < 1.29 is 9.53 Å². The van der Waals surface area contributed by atoms with Crippen LogP contribution in [0.3, 0.4) is 0 Å². The number of hydrogen-bond acceptors (Lipinski definition) is 3. The lowest BCUT2D eigenvalue weighted by molar-refractivity contribution is 0.0940. The first-order chi connectivity index (χ1) is 8.33. The second-order valence-corrected chi connectivity index (χ2v) is 4.92. The molecule has 1 saturated carbocycles. The van der Waals surface area contributed by atoms with Crippen molar-refractivity contribution >= 4 is 5.91 Å². The zero-order chi connectivity index (χ0) is 11.7. The SMILES string of the molecule is O=C(NCC1CCOC1)c1cc(C2CC2)[nH]n1. The first kappa shape index (κ1) is 10.8. The Hall–Kier alpha value is -1.36. The van der Waals surface area contributed by atoms with E-state index in [1.54, 1.807) is 0 Å². The Morgan fingerprint density at radius 1 is 1.53 bits per heavy atom. The molecule has 2 N–H and O–H groups in total.